The third kappa shape index (κ3) is 2.49. The Morgan fingerprint density at radius 1 is 1.38 bits per heavy atom. The van der Waals surface area contributed by atoms with Crippen LogP contribution in [0, 0.1) is 0 Å². The van der Waals surface area contributed by atoms with Crippen LogP contribution in [0.4, 0.5) is 5.95 Å². The zero-order chi connectivity index (χ0) is 15.0. The Hall–Kier alpha value is -2.35. The lowest BCUT2D eigenvalue weighted by Crippen LogP contribution is -2.38. The van der Waals surface area contributed by atoms with Crippen molar-refractivity contribution in [3.63, 3.8) is 0 Å². The van der Waals surface area contributed by atoms with Crippen LogP contribution < -0.4 is 10.2 Å². The molecular formula is C13H18N6O2. The van der Waals surface area contributed by atoms with Crippen molar-refractivity contribution in [3.05, 3.63) is 23.3 Å². The van der Waals surface area contributed by atoms with E-state index >= 15 is 0 Å². The van der Waals surface area contributed by atoms with Gasteiger partial charge in [-0.25, -0.2) is 4.68 Å². The van der Waals surface area contributed by atoms with Crippen LogP contribution in [0.3, 0.4) is 0 Å². The Morgan fingerprint density at radius 2 is 2.14 bits per heavy atom. The minimum atomic E-state index is -0.0922. The molecule has 0 fully saturated rings. The molecule has 21 heavy (non-hydrogen) atoms. The molecule has 1 atom stereocenters. The van der Waals surface area contributed by atoms with Crippen LogP contribution in [-0.2, 0) is 13.5 Å². The Labute approximate surface area is 122 Å². The second kappa shape index (κ2) is 5.21. The van der Waals surface area contributed by atoms with Crippen LogP contribution >= 0.6 is 0 Å². The van der Waals surface area contributed by atoms with Crippen molar-refractivity contribution in [2.45, 2.75) is 12.5 Å². The van der Waals surface area contributed by atoms with E-state index in [1.165, 1.54) is 0 Å². The van der Waals surface area contributed by atoms with Gasteiger partial charge in [0, 0.05) is 20.6 Å². The maximum atomic E-state index is 9.73. The quantitative estimate of drug-likeness (QED) is 0.681. The maximum Gasteiger partial charge on any atom is 0.245 e. The van der Waals surface area contributed by atoms with Crippen LogP contribution in [0.5, 0.6) is 11.5 Å². The van der Waals surface area contributed by atoms with Gasteiger partial charge in [-0.2, -0.15) is 0 Å². The molecule has 0 amide bonds. The highest BCUT2D eigenvalue weighted by atomic mass is 16.3. The number of rotatable bonds is 3. The summed E-state index contributed by atoms with van der Waals surface area (Å²) < 4.78 is 1.61. The molecule has 2 heterocycles. The lowest BCUT2D eigenvalue weighted by Gasteiger charge is -2.30. The first-order valence-corrected chi connectivity index (χ1v) is 6.78. The minimum Gasteiger partial charge on any atom is -0.504 e. The third-order valence-electron chi connectivity index (χ3n) is 3.79. The lowest BCUT2D eigenvalue weighted by molar-refractivity contribution is 0.398. The number of nitrogens with zero attached hydrogens (tertiary/aromatic N) is 5. The zero-order valence-electron chi connectivity index (χ0n) is 12.0. The first-order chi connectivity index (χ1) is 10.1. The Bertz CT molecular complexity index is 656. The largest absolute Gasteiger partial charge is 0.504 e. The normalized spacial score (nSPS) is 17.5. The third-order valence-corrected chi connectivity index (χ3v) is 3.79. The van der Waals surface area contributed by atoms with Gasteiger partial charge in [-0.1, -0.05) is 5.10 Å². The summed E-state index contributed by atoms with van der Waals surface area (Å²) in [5.74, 6) is 0.512. The highest BCUT2D eigenvalue weighted by Gasteiger charge is 2.24. The van der Waals surface area contributed by atoms with E-state index in [1.54, 1.807) is 23.9 Å². The van der Waals surface area contributed by atoms with Crippen LogP contribution in [0.15, 0.2) is 12.1 Å². The molecule has 2 aromatic rings. The topological polar surface area (TPSA) is 99.3 Å². The van der Waals surface area contributed by atoms with Crippen molar-refractivity contribution in [2.24, 2.45) is 7.05 Å². The van der Waals surface area contributed by atoms with Gasteiger partial charge in [0.05, 0.1) is 6.04 Å². The average molecular weight is 290 g/mol. The number of likely N-dealkylation sites (N-methyl/N-ethyl adjacent to an activating group) is 1. The number of aryl methyl sites for hydroxylation is 1. The fraction of sp³-hybridized carbons (Fsp3) is 0.462. The van der Waals surface area contributed by atoms with Crippen molar-refractivity contribution < 1.29 is 10.2 Å². The number of hydrogen-bond donors (Lipinski definition) is 3. The number of phenolic OH excluding ortho intramolecular Hbond substituents is 2. The first-order valence-electron chi connectivity index (χ1n) is 6.78. The fourth-order valence-electron chi connectivity index (χ4n) is 2.73. The number of phenols is 2. The Morgan fingerprint density at radius 3 is 2.86 bits per heavy atom. The number of aromatic hydroxyl groups is 2. The van der Waals surface area contributed by atoms with Gasteiger partial charge in [0.2, 0.25) is 5.95 Å². The summed E-state index contributed by atoms with van der Waals surface area (Å²) in [5.41, 5.74) is 2.05. The van der Waals surface area contributed by atoms with Crippen molar-refractivity contribution in [1.82, 2.24) is 25.5 Å². The summed E-state index contributed by atoms with van der Waals surface area (Å²) in [6, 6.07) is 3.31. The molecule has 1 aromatic heterocycles. The van der Waals surface area contributed by atoms with Gasteiger partial charge < -0.3 is 20.4 Å². The molecular weight excluding hydrogens is 272 g/mol. The maximum absolute atomic E-state index is 9.73. The summed E-state index contributed by atoms with van der Waals surface area (Å²) in [4.78, 5) is 1.96. The van der Waals surface area contributed by atoms with E-state index in [-0.39, 0.29) is 17.5 Å². The van der Waals surface area contributed by atoms with E-state index in [2.05, 4.69) is 20.8 Å². The van der Waals surface area contributed by atoms with Crippen molar-refractivity contribution in [2.75, 3.05) is 25.0 Å². The van der Waals surface area contributed by atoms with E-state index in [0.29, 0.717) is 12.5 Å². The zero-order valence-corrected chi connectivity index (χ0v) is 12.0. The Kier molecular flexibility index (Phi) is 3.38. The average Bonchev–Trinajstić information content (AvgIpc) is 2.87. The van der Waals surface area contributed by atoms with E-state index in [9.17, 15) is 10.2 Å². The molecule has 0 spiro atoms. The predicted octanol–water partition coefficient (Wildman–Crippen LogP) is -0.0555. The summed E-state index contributed by atoms with van der Waals surface area (Å²) in [7, 11) is 3.71. The minimum absolute atomic E-state index is 0.0435. The molecule has 0 radical (unpaired) electrons. The van der Waals surface area contributed by atoms with Gasteiger partial charge in [0.15, 0.2) is 11.5 Å². The lowest BCUT2D eigenvalue weighted by atomic mass is 9.93. The molecule has 3 rings (SSSR count). The Balaban J connectivity index is 1.85. The van der Waals surface area contributed by atoms with Gasteiger partial charge >= 0.3 is 0 Å². The van der Waals surface area contributed by atoms with Crippen LogP contribution in [0.25, 0.3) is 0 Å². The summed E-state index contributed by atoms with van der Waals surface area (Å²) in [6.07, 6.45) is 0.828. The van der Waals surface area contributed by atoms with Gasteiger partial charge in [-0.05, 0) is 46.7 Å². The predicted molar refractivity (Wildman–Crippen MR) is 76.3 cm³/mol. The van der Waals surface area contributed by atoms with Gasteiger partial charge in [0.25, 0.3) is 0 Å². The van der Waals surface area contributed by atoms with Crippen LogP contribution in [-0.4, -0.2) is 50.6 Å². The molecule has 1 aliphatic rings. The van der Waals surface area contributed by atoms with Crippen molar-refractivity contribution >= 4 is 5.95 Å². The number of benzene rings is 1. The second-order valence-corrected chi connectivity index (χ2v) is 5.28. The highest BCUT2D eigenvalue weighted by molar-refractivity contribution is 5.48. The number of fused-ring (bicyclic) bond motifs is 1. The molecule has 1 unspecified atom stereocenters. The number of aromatic nitrogens is 4. The molecule has 1 aliphatic heterocycles. The summed E-state index contributed by atoms with van der Waals surface area (Å²) >= 11 is 0. The molecule has 8 heteroatoms. The number of nitrogens with one attached hydrogen (secondary N) is 1. The summed E-state index contributed by atoms with van der Waals surface area (Å²) in [6.45, 7) is 1.48. The van der Waals surface area contributed by atoms with Gasteiger partial charge in [-0.15, -0.1) is 0 Å². The number of anilines is 1. The van der Waals surface area contributed by atoms with Crippen LogP contribution in [0.1, 0.15) is 17.2 Å². The molecule has 0 saturated carbocycles. The van der Waals surface area contributed by atoms with Gasteiger partial charge in [-0.3, -0.25) is 0 Å². The molecule has 0 bridgehead atoms. The molecule has 1 aromatic carbocycles. The summed E-state index contributed by atoms with van der Waals surface area (Å²) in [5, 5.41) is 34.2. The smallest absolute Gasteiger partial charge is 0.245 e. The van der Waals surface area contributed by atoms with E-state index in [0.717, 1.165) is 24.1 Å². The molecule has 3 N–H and O–H groups in total. The van der Waals surface area contributed by atoms with E-state index < -0.39 is 0 Å². The van der Waals surface area contributed by atoms with Gasteiger partial charge in [0.1, 0.15) is 0 Å². The van der Waals surface area contributed by atoms with Crippen molar-refractivity contribution in [3.8, 4) is 11.5 Å². The number of tetrazole rings is 1. The molecule has 8 nitrogen and oxygen atoms in total. The second-order valence-electron chi connectivity index (χ2n) is 5.28. The molecule has 0 saturated heterocycles. The first kappa shape index (κ1) is 13.6. The highest BCUT2D eigenvalue weighted by Crippen LogP contribution is 2.34. The molecule has 0 aliphatic carbocycles. The SMILES string of the molecule is CN(CC1NCCc2cc(O)c(O)cc21)c1nnnn1C. The fourth-order valence-corrected chi connectivity index (χ4v) is 2.73. The van der Waals surface area contributed by atoms with E-state index in [4.69, 9.17) is 0 Å². The monoisotopic (exact) mass is 290 g/mol. The van der Waals surface area contributed by atoms with Crippen molar-refractivity contribution in [1.29, 1.82) is 0 Å². The molecule has 112 valence electrons. The number of hydrogen-bond acceptors (Lipinski definition) is 7. The van der Waals surface area contributed by atoms with Crippen LogP contribution in [0.2, 0.25) is 0 Å². The standard InChI is InChI=1S/C13H18N6O2/c1-18(13-15-16-17-19(13)2)7-10-9-6-12(21)11(20)5-8(9)3-4-14-10/h5-6,10,14,20-21H,3-4,7H2,1-2H3. The van der Waals surface area contributed by atoms with E-state index in [1.807, 2.05) is 11.9 Å².